The standard InChI is InChI=1S/C26H31FN4O4/c27-22-6-2-1-5-19(22)9-14-28-25(32)20-10-17-30(18-11-20)26(33)21-12-15-29(16-13-21)23-7-3-4-8-24(23)31(34)35/h1-8,20-21H,9-18H2,(H,28,32). The zero-order valence-corrected chi connectivity index (χ0v) is 19.7. The summed E-state index contributed by atoms with van der Waals surface area (Å²) in [7, 11) is 0. The molecule has 0 atom stereocenters. The Balaban J connectivity index is 1.21. The van der Waals surface area contributed by atoms with E-state index < -0.39 is 0 Å². The lowest BCUT2D eigenvalue weighted by Gasteiger charge is -2.37. The summed E-state index contributed by atoms with van der Waals surface area (Å²) in [5, 5.41) is 14.2. The van der Waals surface area contributed by atoms with Gasteiger partial charge in [-0.25, -0.2) is 4.39 Å². The fourth-order valence-electron chi connectivity index (χ4n) is 5.04. The number of hydrogen-bond acceptors (Lipinski definition) is 5. The van der Waals surface area contributed by atoms with Crippen LogP contribution >= 0.6 is 0 Å². The average molecular weight is 483 g/mol. The number of likely N-dealkylation sites (tertiary alicyclic amines) is 1. The van der Waals surface area contributed by atoms with Crippen LogP contribution < -0.4 is 10.2 Å². The van der Waals surface area contributed by atoms with E-state index in [0.717, 1.165) is 0 Å². The van der Waals surface area contributed by atoms with Gasteiger partial charge in [0.2, 0.25) is 11.8 Å². The fourth-order valence-corrected chi connectivity index (χ4v) is 5.04. The highest BCUT2D eigenvalue weighted by Gasteiger charge is 2.33. The van der Waals surface area contributed by atoms with Crippen LogP contribution in [0.1, 0.15) is 31.2 Å². The van der Waals surface area contributed by atoms with Crippen molar-refractivity contribution in [3.8, 4) is 0 Å². The summed E-state index contributed by atoms with van der Waals surface area (Å²) in [6.45, 7) is 2.69. The third-order valence-corrected chi connectivity index (χ3v) is 7.09. The van der Waals surface area contributed by atoms with Crippen LogP contribution in [0.15, 0.2) is 48.5 Å². The Morgan fingerprint density at radius 3 is 2.26 bits per heavy atom. The number of rotatable bonds is 7. The number of carbonyl (C=O) groups excluding carboxylic acids is 2. The van der Waals surface area contributed by atoms with Gasteiger partial charge in [-0.15, -0.1) is 0 Å². The van der Waals surface area contributed by atoms with Gasteiger partial charge in [-0.2, -0.15) is 0 Å². The van der Waals surface area contributed by atoms with E-state index in [2.05, 4.69) is 5.32 Å². The van der Waals surface area contributed by atoms with Crippen LogP contribution in [-0.4, -0.2) is 54.4 Å². The average Bonchev–Trinajstić information content (AvgIpc) is 2.89. The minimum atomic E-state index is -0.368. The number of benzene rings is 2. The molecule has 8 nitrogen and oxygen atoms in total. The molecule has 2 amide bonds. The van der Waals surface area contributed by atoms with Gasteiger partial charge in [0.25, 0.3) is 5.69 Å². The van der Waals surface area contributed by atoms with E-state index in [9.17, 15) is 24.1 Å². The van der Waals surface area contributed by atoms with Crippen LogP contribution in [0.4, 0.5) is 15.8 Å². The summed E-state index contributed by atoms with van der Waals surface area (Å²) in [5.74, 6) is -0.418. The maximum atomic E-state index is 13.7. The third kappa shape index (κ3) is 5.96. The molecule has 186 valence electrons. The molecule has 2 aliphatic heterocycles. The molecule has 2 heterocycles. The SMILES string of the molecule is O=C(NCCc1ccccc1F)C1CCN(C(=O)C2CCN(c3ccccc3[N+](=O)[O-])CC2)CC1. The van der Waals surface area contributed by atoms with E-state index in [-0.39, 0.29) is 40.1 Å². The molecule has 2 fully saturated rings. The van der Waals surface area contributed by atoms with Crippen LogP contribution in [0, 0.1) is 27.8 Å². The molecule has 2 aromatic carbocycles. The van der Waals surface area contributed by atoms with Gasteiger partial charge in [0.1, 0.15) is 11.5 Å². The Morgan fingerprint density at radius 1 is 0.943 bits per heavy atom. The zero-order chi connectivity index (χ0) is 24.8. The highest BCUT2D eigenvalue weighted by Crippen LogP contribution is 2.32. The molecule has 4 rings (SSSR count). The summed E-state index contributed by atoms with van der Waals surface area (Å²) in [6.07, 6.45) is 2.99. The Morgan fingerprint density at radius 2 is 1.57 bits per heavy atom. The largest absolute Gasteiger partial charge is 0.366 e. The van der Waals surface area contributed by atoms with E-state index >= 15 is 0 Å². The minimum Gasteiger partial charge on any atom is -0.366 e. The number of anilines is 1. The molecule has 0 saturated carbocycles. The summed E-state index contributed by atoms with van der Waals surface area (Å²) >= 11 is 0. The van der Waals surface area contributed by atoms with Crippen LogP contribution in [0.2, 0.25) is 0 Å². The zero-order valence-electron chi connectivity index (χ0n) is 19.7. The van der Waals surface area contributed by atoms with Crippen molar-refractivity contribution in [3.05, 3.63) is 70.0 Å². The first-order chi connectivity index (χ1) is 16.9. The summed E-state index contributed by atoms with van der Waals surface area (Å²) in [6, 6.07) is 13.3. The topological polar surface area (TPSA) is 95.8 Å². The number of piperidine rings is 2. The highest BCUT2D eigenvalue weighted by molar-refractivity contribution is 5.81. The van der Waals surface area contributed by atoms with Gasteiger partial charge in [-0.1, -0.05) is 30.3 Å². The molecule has 0 bridgehead atoms. The third-order valence-electron chi connectivity index (χ3n) is 7.09. The molecular formula is C26H31FN4O4. The molecular weight excluding hydrogens is 451 g/mol. The van der Waals surface area contributed by atoms with E-state index in [1.807, 2.05) is 9.80 Å². The van der Waals surface area contributed by atoms with Crippen LogP contribution in [0.25, 0.3) is 0 Å². The van der Waals surface area contributed by atoms with Gasteiger partial charge in [-0.05, 0) is 49.8 Å². The van der Waals surface area contributed by atoms with Gasteiger partial charge in [0.15, 0.2) is 0 Å². The molecule has 1 N–H and O–H groups in total. The van der Waals surface area contributed by atoms with Crippen molar-refractivity contribution in [2.24, 2.45) is 11.8 Å². The van der Waals surface area contributed by atoms with Crippen molar-refractivity contribution in [1.82, 2.24) is 10.2 Å². The first kappa shape index (κ1) is 24.6. The summed E-state index contributed by atoms with van der Waals surface area (Å²) in [5.41, 5.74) is 1.28. The Labute approximate surface area is 204 Å². The number of carbonyl (C=O) groups is 2. The van der Waals surface area contributed by atoms with E-state index in [1.54, 1.807) is 36.4 Å². The van der Waals surface area contributed by atoms with Gasteiger partial charge in [0.05, 0.1) is 4.92 Å². The van der Waals surface area contributed by atoms with E-state index in [1.165, 1.54) is 12.1 Å². The lowest BCUT2D eigenvalue weighted by Crippen LogP contribution is -2.47. The second-order valence-corrected chi connectivity index (χ2v) is 9.24. The number of nitrogens with zero attached hydrogens (tertiary/aromatic N) is 3. The summed E-state index contributed by atoms with van der Waals surface area (Å²) in [4.78, 5) is 40.4. The molecule has 0 spiro atoms. The second kappa shape index (κ2) is 11.3. The maximum absolute atomic E-state index is 13.7. The highest BCUT2D eigenvalue weighted by atomic mass is 19.1. The van der Waals surface area contributed by atoms with Crippen molar-refractivity contribution in [2.75, 3.05) is 37.6 Å². The van der Waals surface area contributed by atoms with Crippen LogP contribution in [0.3, 0.4) is 0 Å². The number of halogens is 1. The lowest BCUT2D eigenvalue weighted by atomic mass is 9.91. The summed E-state index contributed by atoms with van der Waals surface area (Å²) < 4.78 is 13.7. The molecule has 0 radical (unpaired) electrons. The molecule has 9 heteroatoms. The van der Waals surface area contributed by atoms with Gasteiger partial charge >= 0.3 is 0 Å². The van der Waals surface area contributed by atoms with Crippen molar-refractivity contribution in [3.63, 3.8) is 0 Å². The maximum Gasteiger partial charge on any atom is 0.292 e. The molecule has 35 heavy (non-hydrogen) atoms. The lowest BCUT2D eigenvalue weighted by molar-refractivity contribution is -0.384. The number of amides is 2. The molecule has 0 aromatic heterocycles. The first-order valence-electron chi connectivity index (χ1n) is 12.2. The van der Waals surface area contributed by atoms with Crippen molar-refractivity contribution < 1.29 is 18.9 Å². The first-order valence-corrected chi connectivity index (χ1v) is 12.2. The van der Waals surface area contributed by atoms with Gasteiger partial charge < -0.3 is 15.1 Å². The van der Waals surface area contributed by atoms with Gasteiger partial charge in [-0.3, -0.25) is 19.7 Å². The number of hydrogen-bond donors (Lipinski definition) is 1. The van der Waals surface area contributed by atoms with E-state index in [0.29, 0.717) is 76.1 Å². The number of para-hydroxylation sites is 2. The van der Waals surface area contributed by atoms with Crippen molar-refractivity contribution in [1.29, 1.82) is 0 Å². The number of nitro groups is 1. The molecule has 2 aliphatic rings. The van der Waals surface area contributed by atoms with E-state index in [4.69, 9.17) is 0 Å². The second-order valence-electron chi connectivity index (χ2n) is 9.24. The molecule has 0 unspecified atom stereocenters. The number of nitro benzene ring substituents is 1. The minimum absolute atomic E-state index is 0.0359. The Kier molecular flexibility index (Phi) is 7.94. The number of nitrogens with one attached hydrogen (secondary N) is 1. The molecule has 2 saturated heterocycles. The normalized spacial score (nSPS) is 17.3. The monoisotopic (exact) mass is 482 g/mol. The molecule has 2 aromatic rings. The Bertz CT molecular complexity index is 1060. The molecule has 0 aliphatic carbocycles. The van der Waals surface area contributed by atoms with Crippen molar-refractivity contribution in [2.45, 2.75) is 32.1 Å². The quantitative estimate of drug-likeness (QED) is 0.481. The predicted octanol–water partition coefficient (Wildman–Crippen LogP) is 3.55. The van der Waals surface area contributed by atoms with Gasteiger partial charge in [0, 0.05) is 50.6 Å². The van der Waals surface area contributed by atoms with Crippen LogP contribution in [-0.2, 0) is 16.0 Å². The fraction of sp³-hybridized carbons (Fsp3) is 0.462. The Hall–Kier alpha value is -3.49. The van der Waals surface area contributed by atoms with Crippen LogP contribution in [0.5, 0.6) is 0 Å². The van der Waals surface area contributed by atoms with Crippen molar-refractivity contribution >= 4 is 23.2 Å². The smallest absolute Gasteiger partial charge is 0.292 e. The predicted molar refractivity (Wildman–Crippen MR) is 130 cm³/mol.